The van der Waals surface area contributed by atoms with Gasteiger partial charge >= 0.3 is 0 Å². The number of benzene rings is 1. The van der Waals surface area contributed by atoms with Crippen molar-refractivity contribution in [1.29, 1.82) is 0 Å². The quantitative estimate of drug-likeness (QED) is 0.925. The van der Waals surface area contributed by atoms with E-state index >= 15 is 0 Å². The Morgan fingerprint density at radius 1 is 1.23 bits per heavy atom. The number of nitrogens with zero attached hydrogens (tertiary/aromatic N) is 1. The first-order valence-electron chi connectivity index (χ1n) is 7.97. The zero-order valence-corrected chi connectivity index (χ0v) is 13.1. The molecule has 1 aromatic heterocycles. The van der Waals surface area contributed by atoms with Gasteiger partial charge in [0.2, 0.25) is 0 Å². The number of rotatable bonds is 2. The first-order chi connectivity index (χ1) is 10.6. The van der Waals surface area contributed by atoms with Crippen LogP contribution in [0.3, 0.4) is 0 Å². The van der Waals surface area contributed by atoms with E-state index in [1.54, 1.807) is 12.1 Å². The van der Waals surface area contributed by atoms with E-state index in [2.05, 4.69) is 11.9 Å². The fourth-order valence-corrected chi connectivity index (χ4v) is 3.54. The highest BCUT2D eigenvalue weighted by Gasteiger charge is 2.28. The Kier molecular flexibility index (Phi) is 4.01. The van der Waals surface area contributed by atoms with Crippen molar-refractivity contribution in [2.75, 3.05) is 7.05 Å². The molecule has 0 saturated heterocycles. The molecule has 2 atom stereocenters. The smallest absolute Gasteiger partial charge is 0.270 e. The summed E-state index contributed by atoms with van der Waals surface area (Å²) in [7, 11) is 1.85. The first kappa shape index (κ1) is 14.8. The van der Waals surface area contributed by atoms with Gasteiger partial charge in [0.1, 0.15) is 5.69 Å². The van der Waals surface area contributed by atoms with Gasteiger partial charge in [0.25, 0.3) is 11.5 Å². The van der Waals surface area contributed by atoms with Gasteiger partial charge in [-0.05, 0) is 36.3 Å². The fraction of sp³-hybridized carbons (Fsp3) is 0.444. The molecule has 1 N–H and O–H groups in total. The number of hydrogen-bond donors (Lipinski definition) is 1. The number of H-pyrrole nitrogens is 1. The van der Waals surface area contributed by atoms with Crippen molar-refractivity contribution in [3.8, 4) is 0 Å². The highest BCUT2D eigenvalue weighted by atomic mass is 16.2. The molecule has 0 aliphatic heterocycles. The van der Waals surface area contributed by atoms with Gasteiger partial charge in [-0.25, -0.2) is 0 Å². The molecule has 0 spiro atoms. The number of aromatic nitrogens is 1. The van der Waals surface area contributed by atoms with E-state index in [1.807, 2.05) is 30.1 Å². The van der Waals surface area contributed by atoms with E-state index in [-0.39, 0.29) is 17.5 Å². The SMILES string of the molecule is C[C@@H]1CCCC[C@H]1N(C)C(=O)c1cc2ccccc2c(=O)[nH]1. The predicted octanol–water partition coefficient (Wildman–Crippen LogP) is 3.18. The lowest BCUT2D eigenvalue weighted by Crippen LogP contribution is -2.43. The predicted molar refractivity (Wildman–Crippen MR) is 88.1 cm³/mol. The molecule has 4 nitrogen and oxygen atoms in total. The summed E-state index contributed by atoms with van der Waals surface area (Å²) >= 11 is 0. The number of carbonyl (C=O) groups excluding carboxylic acids is 1. The molecule has 1 saturated carbocycles. The second kappa shape index (κ2) is 5.95. The van der Waals surface area contributed by atoms with Gasteiger partial charge in [-0.1, -0.05) is 38.0 Å². The molecular weight excluding hydrogens is 276 g/mol. The average molecular weight is 298 g/mol. The van der Waals surface area contributed by atoms with Crippen LogP contribution < -0.4 is 5.56 Å². The summed E-state index contributed by atoms with van der Waals surface area (Å²) in [5.74, 6) is 0.413. The van der Waals surface area contributed by atoms with Crippen molar-refractivity contribution < 1.29 is 4.79 Å². The van der Waals surface area contributed by atoms with Crippen LogP contribution in [0.15, 0.2) is 35.1 Å². The Bertz CT molecular complexity index is 750. The minimum atomic E-state index is -0.202. The summed E-state index contributed by atoms with van der Waals surface area (Å²) in [6.07, 6.45) is 4.62. The molecule has 0 bridgehead atoms. The summed E-state index contributed by atoms with van der Waals surface area (Å²) in [5, 5.41) is 1.42. The van der Waals surface area contributed by atoms with Crippen molar-refractivity contribution in [2.24, 2.45) is 5.92 Å². The van der Waals surface area contributed by atoms with Crippen LogP contribution in [0.4, 0.5) is 0 Å². The average Bonchev–Trinajstić information content (AvgIpc) is 2.54. The second-order valence-electron chi connectivity index (χ2n) is 6.34. The van der Waals surface area contributed by atoms with E-state index in [0.717, 1.165) is 18.2 Å². The van der Waals surface area contributed by atoms with Crippen LogP contribution in [0.2, 0.25) is 0 Å². The van der Waals surface area contributed by atoms with Crippen molar-refractivity contribution >= 4 is 16.7 Å². The number of amides is 1. The van der Waals surface area contributed by atoms with Crippen LogP contribution in [0.5, 0.6) is 0 Å². The third-order valence-electron chi connectivity index (χ3n) is 4.87. The Balaban J connectivity index is 1.93. The van der Waals surface area contributed by atoms with Gasteiger partial charge in [-0.15, -0.1) is 0 Å². The third-order valence-corrected chi connectivity index (χ3v) is 4.87. The first-order valence-corrected chi connectivity index (χ1v) is 7.97. The molecule has 3 rings (SSSR count). The van der Waals surface area contributed by atoms with E-state index in [0.29, 0.717) is 17.0 Å². The highest BCUT2D eigenvalue weighted by molar-refractivity contribution is 5.96. The van der Waals surface area contributed by atoms with Gasteiger partial charge in [0.05, 0.1) is 0 Å². The Hall–Kier alpha value is -2.10. The molecule has 0 unspecified atom stereocenters. The summed E-state index contributed by atoms with van der Waals surface area (Å²) < 4.78 is 0. The Labute approximate surface area is 130 Å². The second-order valence-corrected chi connectivity index (χ2v) is 6.34. The molecule has 1 amide bonds. The number of pyridine rings is 1. The van der Waals surface area contributed by atoms with Gasteiger partial charge in [-0.2, -0.15) is 0 Å². The topological polar surface area (TPSA) is 53.2 Å². The normalized spacial score (nSPS) is 21.7. The zero-order chi connectivity index (χ0) is 15.7. The van der Waals surface area contributed by atoms with Gasteiger partial charge in [-0.3, -0.25) is 9.59 Å². The minimum Gasteiger partial charge on any atom is -0.337 e. The van der Waals surface area contributed by atoms with Crippen LogP contribution in [-0.2, 0) is 0 Å². The standard InChI is InChI=1S/C18H22N2O2/c1-12-7-3-6-10-16(12)20(2)18(22)15-11-13-8-4-5-9-14(13)17(21)19-15/h4-5,8-9,11-12,16H,3,6-7,10H2,1-2H3,(H,19,21)/t12-,16-/m1/s1. The van der Waals surface area contributed by atoms with Crippen molar-refractivity contribution in [3.63, 3.8) is 0 Å². The number of aromatic amines is 1. The number of nitrogens with one attached hydrogen (secondary N) is 1. The monoisotopic (exact) mass is 298 g/mol. The molecule has 1 heterocycles. The molecule has 1 fully saturated rings. The molecule has 1 aliphatic rings. The number of fused-ring (bicyclic) bond motifs is 1. The Morgan fingerprint density at radius 2 is 1.95 bits per heavy atom. The van der Waals surface area contributed by atoms with E-state index < -0.39 is 0 Å². The molecule has 1 aromatic carbocycles. The lowest BCUT2D eigenvalue weighted by Gasteiger charge is -2.36. The molecule has 0 radical (unpaired) electrons. The summed E-state index contributed by atoms with van der Waals surface area (Å²) in [5.41, 5.74) is 0.176. The molecule has 1 aliphatic carbocycles. The van der Waals surface area contributed by atoms with E-state index in [9.17, 15) is 9.59 Å². The highest BCUT2D eigenvalue weighted by Crippen LogP contribution is 2.28. The molecule has 116 valence electrons. The molecule has 2 aromatic rings. The number of carbonyl (C=O) groups is 1. The largest absolute Gasteiger partial charge is 0.337 e. The lowest BCUT2D eigenvalue weighted by atomic mass is 9.85. The number of hydrogen-bond acceptors (Lipinski definition) is 2. The van der Waals surface area contributed by atoms with E-state index in [4.69, 9.17) is 0 Å². The van der Waals surface area contributed by atoms with Crippen LogP contribution in [0, 0.1) is 5.92 Å². The minimum absolute atomic E-state index is 0.0957. The fourth-order valence-electron chi connectivity index (χ4n) is 3.54. The van der Waals surface area contributed by atoms with Crippen LogP contribution in [0.25, 0.3) is 10.8 Å². The lowest BCUT2D eigenvalue weighted by molar-refractivity contribution is 0.0623. The van der Waals surface area contributed by atoms with Crippen molar-refractivity contribution in [1.82, 2.24) is 9.88 Å². The van der Waals surface area contributed by atoms with E-state index in [1.165, 1.54) is 12.8 Å². The molecular formula is C18H22N2O2. The maximum absolute atomic E-state index is 12.7. The van der Waals surface area contributed by atoms with Crippen LogP contribution in [0.1, 0.15) is 43.1 Å². The van der Waals surface area contributed by atoms with Crippen molar-refractivity contribution in [3.05, 3.63) is 46.4 Å². The van der Waals surface area contributed by atoms with Crippen LogP contribution in [-0.4, -0.2) is 28.9 Å². The zero-order valence-electron chi connectivity index (χ0n) is 13.1. The van der Waals surface area contributed by atoms with Crippen molar-refractivity contribution in [2.45, 2.75) is 38.6 Å². The van der Waals surface area contributed by atoms with Crippen LogP contribution >= 0.6 is 0 Å². The van der Waals surface area contributed by atoms with Gasteiger partial charge < -0.3 is 9.88 Å². The maximum Gasteiger partial charge on any atom is 0.270 e. The summed E-state index contributed by atoms with van der Waals surface area (Å²) in [6.45, 7) is 2.21. The summed E-state index contributed by atoms with van der Waals surface area (Å²) in [6, 6.07) is 9.39. The molecule has 4 heteroatoms. The van der Waals surface area contributed by atoms with Gasteiger partial charge in [0, 0.05) is 18.5 Å². The maximum atomic E-state index is 12.7. The summed E-state index contributed by atoms with van der Waals surface area (Å²) in [4.78, 5) is 29.4. The molecule has 22 heavy (non-hydrogen) atoms. The Morgan fingerprint density at radius 3 is 2.73 bits per heavy atom. The third kappa shape index (κ3) is 2.65. The van der Waals surface area contributed by atoms with Gasteiger partial charge in [0.15, 0.2) is 0 Å².